The Bertz CT molecular complexity index is 922. The molecular formula is C21H26FN3O2. The molecule has 0 fully saturated rings. The highest BCUT2D eigenvalue weighted by atomic mass is 19.1. The van der Waals surface area contributed by atoms with Gasteiger partial charge in [0.2, 0.25) is 0 Å². The molecule has 0 radical (unpaired) electrons. The predicted octanol–water partition coefficient (Wildman–Crippen LogP) is 4.25. The molecule has 1 unspecified atom stereocenters. The second kappa shape index (κ2) is 6.83. The molecule has 0 bridgehead atoms. The molecule has 27 heavy (non-hydrogen) atoms. The second-order valence-electron chi connectivity index (χ2n) is 7.86. The summed E-state index contributed by atoms with van der Waals surface area (Å²) in [6.07, 6.45) is 0. The first-order valence-corrected chi connectivity index (χ1v) is 9.12. The first-order valence-electron chi connectivity index (χ1n) is 9.12. The van der Waals surface area contributed by atoms with Crippen LogP contribution in [-0.4, -0.2) is 22.4 Å². The number of aromatic nitrogens is 2. The minimum Gasteiger partial charge on any atom is -0.463 e. The lowest BCUT2D eigenvalue weighted by Gasteiger charge is -2.30. The van der Waals surface area contributed by atoms with E-state index in [-0.39, 0.29) is 17.8 Å². The lowest BCUT2D eigenvalue weighted by Crippen LogP contribution is -2.27. The Kier molecular flexibility index (Phi) is 4.84. The van der Waals surface area contributed by atoms with Gasteiger partial charge in [0.15, 0.2) is 0 Å². The molecule has 6 heteroatoms. The molecule has 2 aromatic rings. The molecule has 2 heterocycles. The number of nitrogens with zero attached hydrogens (tertiary/aromatic N) is 2. The third-order valence-corrected chi connectivity index (χ3v) is 4.76. The average Bonchev–Trinajstić information content (AvgIpc) is 2.90. The third kappa shape index (κ3) is 3.36. The van der Waals surface area contributed by atoms with Gasteiger partial charge in [-0.25, -0.2) is 9.18 Å². The van der Waals surface area contributed by atoms with E-state index in [2.05, 4.69) is 26.1 Å². The minimum atomic E-state index is -0.445. The number of esters is 1. The van der Waals surface area contributed by atoms with Crippen molar-refractivity contribution in [2.24, 2.45) is 7.05 Å². The smallest absolute Gasteiger partial charge is 0.336 e. The number of aryl methyl sites for hydroxylation is 1. The van der Waals surface area contributed by atoms with Crippen LogP contribution in [-0.2, 0) is 22.0 Å². The summed E-state index contributed by atoms with van der Waals surface area (Å²) in [4.78, 5) is 12.8. The molecule has 1 aliphatic heterocycles. The van der Waals surface area contributed by atoms with Crippen LogP contribution in [0.2, 0.25) is 0 Å². The van der Waals surface area contributed by atoms with Crippen molar-refractivity contribution in [1.29, 1.82) is 0 Å². The van der Waals surface area contributed by atoms with Crippen LogP contribution in [0.1, 0.15) is 57.4 Å². The standard InChI is InChI=1S/C21H26FN3O2/c1-7-27-20(26)15-12(2)23-19-17(18(21(3,4)5)24-25(19)6)16(15)13-9-8-10-14(22)11-13/h8-11,16,23H,7H2,1-6H3. The maximum atomic E-state index is 14.0. The lowest BCUT2D eigenvalue weighted by atomic mass is 9.77. The topological polar surface area (TPSA) is 56.1 Å². The maximum Gasteiger partial charge on any atom is 0.336 e. The van der Waals surface area contributed by atoms with Crippen molar-refractivity contribution >= 4 is 11.8 Å². The van der Waals surface area contributed by atoms with E-state index in [1.165, 1.54) is 12.1 Å². The number of hydrogen-bond donors (Lipinski definition) is 1. The molecule has 0 saturated carbocycles. The van der Waals surface area contributed by atoms with Gasteiger partial charge in [0.05, 0.1) is 17.9 Å². The van der Waals surface area contributed by atoms with Gasteiger partial charge >= 0.3 is 5.97 Å². The summed E-state index contributed by atoms with van der Waals surface area (Å²) in [5.74, 6) is -0.362. The summed E-state index contributed by atoms with van der Waals surface area (Å²) in [5.41, 5.74) is 3.41. The van der Waals surface area contributed by atoms with E-state index >= 15 is 0 Å². The number of carbonyl (C=O) groups excluding carboxylic acids is 1. The van der Waals surface area contributed by atoms with Crippen molar-refractivity contribution in [1.82, 2.24) is 9.78 Å². The van der Waals surface area contributed by atoms with Crippen LogP contribution in [0.3, 0.4) is 0 Å². The average molecular weight is 371 g/mol. The summed E-state index contributed by atoms with van der Waals surface area (Å²) in [5, 5.41) is 8.03. The molecule has 1 aromatic heterocycles. The van der Waals surface area contributed by atoms with Gasteiger partial charge < -0.3 is 10.1 Å². The van der Waals surface area contributed by atoms with E-state index in [1.807, 2.05) is 20.0 Å². The van der Waals surface area contributed by atoms with Crippen LogP contribution in [0.25, 0.3) is 0 Å². The summed E-state index contributed by atoms with van der Waals surface area (Å²) < 4.78 is 21.2. The van der Waals surface area contributed by atoms with Crippen LogP contribution in [0.5, 0.6) is 0 Å². The van der Waals surface area contributed by atoms with E-state index in [0.717, 1.165) is 17.1 Å². The molecule has 1 N–H and O–H groups in total. The number of benzene rings is 1. The highest BCUT2D eigenvalue weighted by Crippen LogP contribution is 2.46. The van der Waals surface area contributed by atoms with Gasteiger partial charge in [-0.05, 0) is 31.5 Å². The summed E-state index contributed by atoms with van der Waals surface area (Å²) in [6.45, 7) is 10.1. The Hall–Kier alpha value is -2.63. The summed E-state index contributed by atoms with van der Waals surface area (Å²) >= 11 is 0. The number of ether oxygens (including phenoxy) is 1. The largest absolute Gasteiger partial charge is 0.463 e. The van der Waals surface area contributed by atoms with Crippen LogP contribution in [0.4, 0.5) is 10.2 Å². The van der Waals surface area contributed by atoms with Crippen molar-refractivity contribution in [3.63, 3.8) is 0 Å². The lowest BCUT2D eigenvalue weighted by molar-refractivity contribution is -0.138. The molecule has 1 atom stereocenters. The highest BCUT2D eigenvalue weighted by Gasteiger charge is 2.40. The van der Waals surface area contributed by atoms with E-state index < -0.39 is 11.9 Å². The second-order valence-corrected chi connectivity index (χ2v) is 7.86. The number of nitrogens with one attached hydrogen (secondary N) is 1. The van der Waals surface area contributed by atoms with Gasteiger partial charge in [-0.1, -0.05) is 32.9 Å². The first kappa shape index (κ1) is 19.1. The zero-order valence-electron chi connectivity index (χ0n) is 16.7. The van der Waals surface area contributed by atoms with Crippen LogP contribution < -0.4 is 5.32 Å². The maximum absolute atomic E-state index is 14.0. The third-order valence-electron chi connectivity index (χ3n) is 4.76. The number of hydrogen-bond acceptors (Lipinski definition) is 4. The van der Waals surface area contributed by atoms with Gasteiger partial charge in [0, 0.05) is 29.6 Å². The van der Waals surface area contributed by atoms with E-state index in [1.54, 1.807) is 17.7 Å². The molecule has 5 nitrogen and oxygen atoms in total. The zero-order chi connectivity index (χ0) is 19.9. The van der Waals surface area contributed by atoms with Crippen molar-refractivity contribution in [3.05, 3.63) is 58.2 Å². The summed E-state index contributed by atoms with van der Waals surface area (Å²) in [7, 11) is 1.87. The van der Waals surface area contributed by atoms with Gasteiger partial charge in [-0.15, -0.1) is 0 Å². The Morgan fingerprint density at radius 2 is 2.07 bits per heavy atom. The number of rotatable bonds is 3. The Morgan fingerprint density at radius 3 is 2.67 bits per heavy atom. The van der Waals surface area contributed by atoms with E-state index in [4.69, 9.17) is 9.84 Å². The Labute approximate surface area is 159 Å². The molecule has 0 saturated heterocycles. The molecular weight excluding hydrogens is 345 g/mol. The van der Waals surface area contributed by atoms with Gasteiger partial charge in [0.1, 0.15) is 11.6 Å². The van der Waals surface area contributed by atoms with Crippen molar-refractivity contribution in [2.75, 3.05) is 11.9 Å². The molecule has 3 rings (SSSR count). The monoisotopic (exact) mass is 371 g/mol. The first-order chi connectivity index (χ1) is 12.6. The SMILES string of the molecule is CCOC(=O)C1=C(C)Nc2c(c(C(C)(C)C)nn2C)C1c1cccc(F)c1. The van der Waals surface area contributed by atoms with Crippen LogP contribution >= 0.6 is 0 Å². The van der Waals surface area contributed by atoms with Gasteiger partial charge in [0.25, 0.3) is 0 Å². The number of halogens is 1. The highest BCUT2D eigenvalue weighted by molar-refractivity contribution is 5.94. The number of carbonyl (C=O) groups is 1. The number of anilines is 1. The van der Waals surface area contributed by atoms with Gasteiger partial charge in [-0.3, -0.25) is 4.68 Å². The number of fused-ring (bicyclic) bond motifs is 1. The van der Waals surface area contributed by atoms with Crippen molar-refractivity contribution < 1.29 is 13.9 Å². The van der Waals surface area contributed by atoms with E-state index in [9.17, 15) is 9.18 Å². The molecule has 1 aliphatic rings. The Balaban J connectivity index is 2.31. The molecule has 0 aliphatic carbocycles. The predicted molar refractivity (Wildman–Crippen MR) is 103 cm³/mol. The Morgan fingerprint density at radius 1 is 1.37 bits per heavy atom. The minimum absolute atomic E-state index is 0.246. The molecule has 1 aromatic carbocycles. The fourth-order valence-corrected chi connectivity index (χ4v) is 3.62. The van der Waals surface area contributed by atoms with Crippen LogP contribution in [0, 0.1) is 5.82 Å². The van der Waals surface area contributed by atoms with Gasteiger partial charge in [-0.2, -0.15) is 5.10 Å². The number of allylic oxidation sites excluding steroid dienone is 1. The van der Waals surface area contributed by atoms with E-state index in [0.29, 0.717) is 16.8 Å². The summed E-state index contributed by atoms with van der Waals surface area (Å²) in [6, 6.07) is 6.39. The molecule has 0 spiro atoms. The zero-order valence-corrected chi connectivity index (χ0v) is 16.7. The van der Waals surface area contributed by atoms with Crippen molar-refractivity contribution in [2.45, 2.75) is 46.0 Å². The quantitative estimate of drug-likeness (QED) is 0.820. The normalized spacial score (nSPS) is 16.8. The van der Waals surface area contributed by atoms with Crippen molar-refractivity contribution in [3.8, 4) is 0 Å². The fourth-order valence-electron chi connectivity index (χ4n) is 3.62. The fraction of sp³-hybridized carbons (Fsp3) is 0.429. The van der Waals surface area contributed by atoms with Crippen LogP contribution in [0.15, 0.2) is 35.5 Å². The molecule has 0 amide bonds. The molecule has 144 valence electrons.